The molecule has 0 heterocycles. The standard InChI is InChI=1S/C16H18ClNO3/c17-13-9-5-4-8-12(13)15(16(20)21)18-14(19)10-11-6-2-1-3-7-11/h4-6,8-9,15H,1-3,7,10H2,(H,18,19)(H,20,21)/t15-/m1/s1. The predicted molar refractivity (Wildman–Crippen MR) is 81.1 cm³/mol. The van der Waals surface area contributed by atoms with Crippen LogP contribution >= 0.6 is 11.6 Å². The Balaban J connectivity index is 2.06. The summed E-state index contributed by atoms with van der Waals surface area (Å²) < 4.78 is 0. The lowest BCUT2D eigenvalue weighted by Crippen LogP contribution is -2.34. The zero-order valence-corrected chi connectivity index (χ0v) is 12.4. The molecule has 112 valence electrons. The third-order valence-electron chi connectivity index (χ3n) is 3.54. The van der Waals surface area contributed by atoms with E-state index in [9.17, 15) is 14.7 Å². The number of carbonyl (C=O) groups is 2. The van der Waals surface area contributed by atoms with Crippen LogP contribution in [-0.4, -0.2) is 17.0 Å². The molecule has 4 nitrogen and oxygen atoms in total. The molecule has 0 bridgehead atoms. The minimum atomic E-state index is -1.12. The Hall–Kier alpha value is -1.81. The van der Waals surface area contributed by atoms with E-state index in [2.05, 4.69) is 11.4 Å². The van der Waals surface area contributed by atoms with Gasteiger partial charge in [-0.1, -0.05) is 41.4 Å². The Labute approximate surface area is 128 Å². The highest BCUT2D eigenvalue weighted by Crippen LogP contribution is 2.24. The number of hydrogen-bond donors (Lipinski definition) is 2. The Morgan fingerprint density at radius 3 is 2.67 bits per heavy atom. The molecular weight excluding hydrogens is 290 g/mol. The van der Waals surface area contributed by atoms with Gasteiger partial charge in [0.1, 0.15) is 0 Å². The van der Waals surface area contributed by atoms with Crippen LogP contribution in [-0.2, 0) is 9.59 Å². The van der Waals surface area contributed by atoms with Gasteiger partial charge in [0, 0.05) is 17.0 Å². The second-order valence-corrected chi connectivity index (χ2v) is 5.55. The van der Waals surface area contributed by atoms with E-state index < -0.39 is 12.0 Å². The van der Waals surface area contributed by atoms with Gasteiger partial charge < -0.3 is 10.4 Å². The van der Waals surface area contributed by atoms with Crippen LogP contribution < -0.4 is 5.32 Å². The van der Waals surface area contributed by atoms with Crippen LogP contribution in [0.15, 0.2) is 35.9 Å². The maximum Gasteiger partial charge on any atom is 0.330 e. The first-order chi connectivity index (χ1) is 10.1. The number of nitrogens with one attached hydrogen (secondary N) is 1. The van der Waals surface area contributed by atoms with E-state index in [1.807, 2.05) is 0 Å². The lowest BCUT2D eigenvalue weighted by Gasteiger charge is -2.18. The van der Waals surface area contributed by atoms with Crippen molar-refractivity contribution in [1.82, 2.24) is 5.32 Å². The van der Waals surface area contributed by atoms with Gasteiger partial charge in [-0.05, 0) is 31.7 Å². The van der Waals surface area contributed by atoms with Gasteiger partial charge in [0.15, 0.2) is 6.04 Å². The highest BCUT2D eigenvalue weighted by atomic mass is 35.5. The molecule has 2 rings (SSSR count). The Bertz CT molecular complexity index is 568. The SMILES string of the molecule is O=C(CC1=CCCCC1)N[C@@H](C(=O)O)c1ccccc1Cl. The molecule has 0 saturated carbocycles. The number of rotatable bonds is 5. The van der Waals surface area contributed by atoms with Crippen molar-refractivity contribution < 1.29 is 14.7 Å². The number of hydrogen-bond acceptors (Lipinski definition) is 2. The summed E-state index contributed by atoms with van der Waals surface area (Å²) in [5, 5.41) is 12.2. The Morgan fingerprint density at radius 1 is 1.29 bits per heavy atom. The van der Waals surface area contributed by atoms with E-state index in [1.165, 1.54) is 0 Å². The summed E-state index contributed by atoms with van der Waals surface area (Å²) >= 11 is 6.01. The summed E-state index contributed by atoms with van der Waals surface area (Å²) in [5.74, 6) is -1.40. The fourth-order valence-electron chi connectivity index (χ4n) is 2.47. The van der Waals surface area contributed by atoms with Crippen LogP contribution in [0, 0.1) is 0 Å². The van der Waals surface area contributed by atoms with Crippen LogP contribution in [0.4, 0.5) is 0 Å². The summed E-state index contributed by atoms with van der Waals surface area (Å²) in [7, 11) is 0. The fraction of sp³-hybridized carbons (Fsp3) is 0.375. The molecule has 1 aromatic carbocycles. The number of halogens is 1. The van der Waals surface area contributed by atoms with Gasteiger partial charge in [-0.3, -0.25) is 4.79 Å². The molecule has 0 aliphatic heterocycles. The zero-order valence-electron chi connectivity index (χ0n) is 11.6. The van der Waals surface area contributed by atoms with Gasteiger partial charge in [0.25, 0.3) is 0 Å². The smallest absolute Gasteiger partial charge is 0.330 e. The van der Waals surface area contributed by atoms with Crippen molar-refractivity contribution in [1.29, 1.82) is 0 Å². The molecule has 0 saturated heterocycles. The minimum absolute atomic E-state index is 0.258. The van der Waals surface area contributed by atoms with Crippen LogP contribution in [0.25, 0.3) is 0 Å². The van der Waals surface area contributed by atoms with Crippen molar-refractivity contribution in [3.05, 3.63) is 46.5 Å². The Kier molecular flexibility index (Phi) is 5.39. The predicted octanol–water partition coefficient (Wildman–Crippen LogP) is 3.47. The van der Waals surface area contributed by atoms with Gasteiger partial charge in [0.05, 0.1) is 0 Å². The summed E-state index contributed by atoms with van der Waals surface area (Å²) in [6, 6.07) is 5.53. The third kappa shape index (κ3) is 4.33. The summed E-state index contributed by atoms with van der Waals surface area (Å²) in [4.78, 5) is 23.4. The fourth-order valence-corrected chi connectivity index (χ4v) is 2.71. The molecule has 1 aliphatic rings. The van der Waals surface area contributed by atoms with E-state index >= 15 is 0 Å². The molecule has 0 fully saturated rings. The van der Waals surface area contributed by atoms with Gasteiger partial charge >= 0.3 is 5.97 Å². The number of benzene rings is 1. The second-order valence-electron chi connectivity index (χ2n) is 5.15. The largest absolute Gasteiger partial charge is 0.479 e. The van der Waals surface area contributed by atoms with E-state index in [0.717, 1.165) is 31.3 Å². The first kappa shape index (κ1) is 15.6. The van der Waals surface area contributed by atoms with Gasteiger partial charge in [-0.15, -0.1) is 0 Å². The second kappa shape index (κ2) is 7.27. The molecule has 1 aliphatic carbocycles. The molecule has 0 radical (unpaired) electrons. The first-order valence-electron chi connectivity index (χ1n) is 7.02. The minimum Gasteiger partial charge on any atom is -0.479 e. The molecule has 0 spiro atoms. The maximum atomic E-state index is 12.1. The van der Waals surface area contributed by atoms with Gasteiger partial charge in [-0.25, -0.2) is 4.79 Å². The van der Waals surface area contributed by atoms with Crippen molar-refractivity contribution in [2.75, 3.05) is 0 Å². The number of allylic oxidation sites excluding steroid dienone is 1. The summed E-state index contributed by atoms with van der Waals surface area (Å²) in [6.45, 7) is 0. The Morgan fingerprint density at radius 2 is 2.05 bits per heavy atom. The van der Waals surface area contributed by atoms with E-state index in [0.29, 0.717) is 10.6 Å². The molecule has 0 aromatic heterocycles. The number of amides is 1. The van der Waals surface area contributed by atoms with E-state index in [1.54, 1.807) is 24.3 Å². The quantitative estimate of drug-likeness (QED) is 0.819. The lowest BCUT2D eigenvalue weighted by molar-refractivity contribution is -0.142. The third-order valence-corrected chi connectivity index (χ3v) is 3.89. The monoisotopic (exact) mass is 307 g/mol. The summed E-state index contributed by atoms with van der Waals surface area (Å²) in [6.07, 6.45) is 6.49. The van der Waals surface area contributed by atoms with Crippen molar-refractivity contribution in [2.45, 2.75) is 38.1 Å². The normalized spacial score (nSPS) is 16.0. The molecule has 21 heavy (non-hydrogen) atoms. The number of carboxylic acids is 1. The molecular formula is C16H18ClNO3. The van der Waals surface area contributed by atoms with Gasteiger partial charge in [-0.2, -0.15) is 0 Å². The first-order valence-corrected chi connectivity index (χ1v) is 7.40. The number of aliphatic carboxylic acids is 1. The zero-order chi connectivity index (χ0) is 15.2. The molecule has 0 unspecified atom stereocenters. The van der Waals surface area contributed by atoms with Crippen molar-refractivity contribution in [3.8, 4) is 0 Å². The van der Waals surface area contributed by atoms with Crippen LogP contribution in [0.2, 0.25) is 5.02 Å². The molecule has 1 atom stereocenters. The average Bonchev–Trinajstić information content (AvgIpc) is 2.46. The molecule has 5 heteroatoms. The van der Waals surface area contributed by atoms with Gasteiger partial charge in [0.2, 0.25) is 5.91 Å². The molecule has 1 aromatic rings. The van der Waals surface area contributed by atoms with E-state index in [4.69, 9.17) is 11.6 Å². The lowest BCUT2D eigenvalue weighted by atomic mass is 9.96. The highest BCUT2D eigenvalue weighted by Gasteiger charge is 2.24. The van der Waals surface area contributed by atoms with Crippen LogP contribution in [0.3, 0.4) is 0 Å². The van der Waals surface area contributed by atoms with Crippen molar-refractivity contribution in [2.24, 2.45) is 0 Å². The van der Waals surface area contributed by atoms with Crippen LogP contribution in [0.1, 0.15) is 43.7 Å². The number of carbonyl (C=O) groups excluding carboxylic acids is 1. The van der Waals surface area contributed by atoms with Crippen molar-refractivity contribution >= 4 is 23.5 Å². The van der Waals surface area contributed by atoms with Crippen molar-refractivity contribution in [3.63, 3.8) is 0 Å². The maximum absolute atomic E-state index is 12.1. The highest BCUT2D eigenvalue weighted by molar-refractivity contribution is 6.31. The summed E-state index contributed by atoms with van der Waals surface area (Å²) in [5.41, 5.74) is 1.49. The molecule has 1 amide bonds. The van der Waals surface area contributed by atoms with Crippen LogP contribution in [0.5, 0.6) is 0 Å². The van der Waals surface area contributed by atoms with E-state index in [-0.39, 0.29) is 12.3 Å². The average molecular weight is 308 g/mol. The molecule has 2 N–H and O–H groups in total. The number of carboxylic acid groups (broad SMARTS) is 1. The topological polar surface area (TPSA) is 66.4 Å².